The maximum atomic E-state index is 12.2. The van der Waals surface area contributed by atoms with Crippen molar-refractivity contribution in [3.8, 4) is 0 Å². The highest BCUT2D eigenvalue weighted by Gasteiger charge is 2.34. The van der Waals surface area contributed by atoms with Gasteiger partial charge >= 0.3 is 0 Å². The fourth-order valence-electron chi connectivity index (χ4n) is 2.55. The molecule has 1 fully saturated rings. The lowest BCUT2D eigenvalue weighted by Gasteiger charge is -2.19. The first-order valence-corrected chi connectivity index (χ1v) is 6.44. The number of hydrogen-bond acceptors (Lipinski definition) is 4. The number of aromatic nitrogens is 2. The van der Waals surface area contributed by atoms with Crippen LogP contribution in [0.15, 0.2) is 35.2 Å². The van der Waals surface area contributed by atoms with Gasteiger partial charge in [0.25, 0.3) is 0 Å². The van der Waals surface area contributed by atoms with Crippen molar-refractivity contribution in [2.24, 2.45) is 0 Å². The lowest BCUT2D eigenvalue weighted by Crippen LogP contribution is -2.25. The SMILES string of the molecule is CCc1ccccc1N1CC(c2ncon2)CC1=O. The molecule has 1 aromatic carbocycles. The first kappa shape index (κ1) is 11.9. The highest BCUT2D eigenvalue weighted by molar-refractivity contribution is 5.97. The number of carbonyl (C=O) groups is 1. The van der Waals surface area contributed by atoms with Crippen LogP contribution in [0.25, 0.3) is 0 Å². The van der Waals surface area contributed by atoms with Crippen molar-refractivity contribution in [3.63, 3.8) is 0 Å². The van der Waals surface area contributed by atoms with Crippen LogP contribution in [0, 0.1) is 0 Å². The number of anilines is 1. The van der Waals surface area contributed by atoms with E-state index in [0.717, 1.165) is 12.1 Å². The summed E-state index contributed by atoms with van der Waals surface area (Å²) in [6.07, 6.45) is 2.66. The molecule has 1 saturated heterocycles. The first-order chi connectivity index (χ1) is 9.29. The molecule has 1 atom stereocenters. The Morgan fingerprint density at radius 1 is 1.42 bits per heavy atom. The van der Waals surface area contributed by atoms with Crippen molar-refractivity contribution in [2.75, 3.05) is 11.4 Å². The minimum atomic E-state index is 0.0242. The number of amides is 1. The summed E-state index contributed by atoms with van der Waals surface area (Å²) >= 11 is 0. The van der Waals surface area contributed by atoms with Crippen molar-refractivity contribution in [2.45, 2.75) is 25.7 Å². The zero-order valence-electron chi connectivity index (χ0n) is 10.7. The van der Waals surface area contributed by atoms with Crippen LogP contribution >= 0.6 is 0 Å². The molecular formula is C14H15N3O2. The van der Waals surface area contributed by atoms with E-state index in [4.69, 9.17) is 4.52 Å². The van der Waals surface area contributed by atoms with E-state index in [9.17, 15) is 4.79 Å². The molecule has 0 aliphatic carbocycles. The summed E-state index contributed by atoms with van der Waals surface area (Å²) in [5, 5.41) is 3.84. The van der Waals surface area contributed by atoms with Gasteiger partial charge in [0.15, 0.2) is 5.82 Å². The van der Waals surface area contributed by atoms with E-state index >= 15 is 0 Å². The second kappa shape index (κ2) is 4.84. The molecule has 0 spiro atoms. The van der Waals surface area contributed by atoms with Gasteiger partial charge in [-0.25, -0.2) is 0 Å². The Morgan fingerprint density at radius 2 is 2.26 bits per heavy atom. The molecule has 3 rings (SSSR count). The van der Waals surface area contributed by atoms with E-state index < -0.39 is 0 Å². The average Bonchev–Trinajstić information content (AvgIpc) is 3.07. The molecule has 19 heavy (non-hydrogen) atoms. The van der Waals surface area contributed by atoms with Crippen LogP contribution in [0.4, 0.5) is 5.69 Å². The Kier molecular flexibility index (Phi) is 3.03. The third-order valence-electron chi connectivity index (χ3n) is 3.53. The summed E-state index contributed by atoms with van der Waals surface area (Å²) < 4.78 is 4.76. The molecule has 2 aromatic rings. The molecule has 0 radical (unpaired) electrons. The zero-order valence-corrected chi connectivity index (χ0v) is 10.7. The Balaban J connectivity index is 1.88. The van der Waals surface area contributed by atoms with Crippen LogP contribution in [0.1, 0.15) is 30.7 Å². The maximum absolute atomic E-state index is 12.2. The minimum absolute atomic E-state index is 0.0242. The molecular weight excluding hydrogens is 242 g/mol. The lowest BCUT2D eigenvalue weighted by molar-refractivity contribution is -0.117. The van der Waals surface area contributed by atoms with Gasteiger partial charge in [-0.1, -0.05) is 30.3 Å². The van der Waals surface area contributed by atoms with Crippen molar-refractivity contribution in [1.29, 1.82) is 0 Å². The molecule has 1 aliphatic heterocycles. The summed E-state index contributed by atoms with van der Waals surface area (Å²) in [5.74, 6) is 0.761. The molecule has 1 aromatic heterocycles. The Hall–Kier alpha value is -2.17. The van der Waals surface area contributed by atoms with Crippen molar-refractivity contribution in [1.82, 2.24) is 10.1 Å². The molecule has 0 N–H and O–H groups in total. The first-order valence-electron chi connectivity index (χ1n) is 6.44. The molecule has 1 unspecified atom stereocenters. The van der Waals surface area contributed by atoms with Crippen molar-refractivity contribution in [3.05, 3.63) is 42.0 Å². The third-order valence-corrected chi connectivity index (χ3v) is 3.53. The number of benzene rings is 1. The van der Waals surface area contributed by atoms with Crippen molar-refractivity contribution < 1.29 is 9.32 Å². The topological polar surface area (TPSA) is 59.2 Å². The van der Waals surface area contributed by atoms with Gasteiger partial charge in [0, 0.05) is 24.6 Å². The quantitative estimate of drug-likeness (QED) is 0.845. The molecule has 2 heterocycles. The van der Waals surface area contributed by atoms with Crippen LogP contribution in [0.5, 0.6) is 0 Å². The molecule has 5 heteroatoms. The van der Waals surface area contributed by atoms with Gasteiger partial charge < -0.3 is 9.42 Å². The van der Waals surface area contributed by atoms with E-state index in [-0.39, 0.29) is 11.8 Å². The number of para-hydroxylation sites is 1. The third kappa shape index (κ3) is 2.12. The minimum Gasteiger partial charge on any atom is -0.343 e. The van der Waals surface area contributed by atoms with Crippen LogP contribution in [0.2, 0.25) is 0 Å². The predicted molar refractivity (Wildman–Crippen MR) is 69.8 cm³/mol. The largest absolute Gasteiger partial charge is 0.343 e. The number of aryl methyl sites for hydroxylation is 1. The fourth-order valence-corrected chi connectivity index (χ4v) is 2.55. The highest BCUT2D eigenvalue weighted by atomic mass is 16.5. The normalized spacial score (nSPS) is 19.1. The zero-order chi connectivity index (χ0) is 13.2. The average molecular weight is 257 g/mol. The second-order valence-electron chi connectivity index (χ2n) is 4.68. The van der Waals surface area contributed by atoms with Gasteiger partial charge in [0.1, 0.15) is 0 Å². The molecule has 1 aliphatic rings. The molecule has 0 saturated carbocycles. The summed E-state index contributed by atoms with van der Waals surface area (Å²) in [7, 11) is 0. The number of hydrogen-bond donors (Lipinski definition) is 0. The van der Waals surface area contributed by atoms with Gasteiger partial charge in [0.2, 0.25) is 12.3 Å². The Morgan fingerprint density at radius 3 is 3.00 bits per heavy atom. The predicted octanol–water partition coefficient (Wildman–Crippen LogP) is 2.15. The number of carbonyl (C=O) groups excluding carboxylic acids is 1. The van der Waals surface area contributed by atoms with Crippen LogP contribution in [-0.2, 0) is 11.2 Å². The molecule has 1 amide bonds. The Labute approximate surface area is 111 Å². The number of nitrogens with zero attached hydrogens (tertiary/aromatic N) is 3. The van der Waals surface area contributed by atoms with Gasteiger partial charge in [-0.3, -0.25) is 4.79 Å². The van der Waals surface area contributed by atoms with E-state index in [0.29, 0.717) is 18.8 Å². The van der Waals surface area contributed by atoms with Gasteiger partial charge in [0.05, 0.1) is 0 Å². The van der Waals surface area contributed by atoms with Crippen LogP contribution in [0.3, 0.4) is 0 Å². The monoisotopic (exact) mass is 257 g/mol. The highest BCUT2D eigenvalue weighted by Crippen LogP contribution is 2.32. The standard InChI is InChI=1S/C14H15N3O2/c1-2-10-5-3-4-6-12(10)17-8-11(7-13(17)18)14-15-9-19-16-14/h3-6,9,11H,2,7-8H2,1H3. The van der Waals surface area contributed by atoms with Crippen molar-refractivity contribution >= 4 is 11.6 Å². The summed E-state index contributed by atoms with van der Waals surface area (Å²) in [6.45, 7) is 2.71. The lowest BCUT2D eigenvalue weighted by atomic mass is 10.1. The fraction of sp³-hybridized carbons (Fsp3) is 0.357. The van der Waals surface area contributed by atoms with E-state index in [1.807, 2.05) is 23.1 Å². The summed E-state index contributed by atoms with van der Waals surface area (Å²) in [6, 6.07) is 8.02. The van der Waals surface area contributed by atoms with Crippen LogP contribution < -0.4 is 4.90 Å². The second-order valence-corrected chi connectivity index (χ2v) is 4.68. The smallest absolute Gasteiger partial charge is 0.227 e. The van der Waals surface area contributed by atoms with Gasteiger partial charge in [-0.15, -0.1) is 0 Å². The van der Waals surface area contributed by atoms with Gasteiger partial charge in [-0.2, -0.15) is 4.98 Å². The summed E-state index contributed by atoms with van der Waals surface area (Å²) in [5.41, 5.74) is 2.19. The maximum Gasteiger partial charge on any atom is 0.227 e. The molecule has 0 bridgehead atoms. The van der Waals surface area contributed by atoms with Crippen LogP contribution in [-0.4, -0.2) is 22.6 Å². The Bertz CT molecular complexity index is 580. The molecule has 5 nitrogen and oxygen atoms in total. The van der Waals surface area contributed by atoms with E-state index in [1.54, 1.807) is 0 Å². The van der Waals surface area contributed by atoms with E-state index in [1.165, 1.54) is 12.0 Å². The van der Waals surface area contributed by atoms with E-state index in [2.05, 4.69) is 23.1 Å². The van der Waals surface area contributed by atoms with Gasteiger partial charge in [-0.05, 0) is 18.1 Å². The number of rotatable bonds is 3. The molecule has 98 valence electrons. The summed E-state index contributed by atoms with van der Waals surface area (Å²) in [4.78, 5) is 18.1.